The maximum absolute atomic E-state index is 13.1. The molecule has 2 N–H and O–H groups in total. The molecule has 1 atom stereocenters. The van der Waals surface area contributed by atoms with Gasteiger partial charge in [0.05, 0.1) is 12.0 Å². The highest BCUT2D eigenvalue weighted by molar-refractivity contribution is 7.10. The first-order valence-corrected chi connectivity index (χ1v) is 7.42. The average molecular weight is 290 g/mol. The lowest BCUT2D eigenvalue weighted by Crippen LogP contribution is -2.51. The predicted octanol–water partition coefficient (Wildman–Crippen LogP) is 2.31. The first kappa shape index (κ1) is 13.3. The van der Waals surface area contributed by atoms with Crippen LogP contribution in [-0.2, 0) is 4.79 Å². The molecule has 5 heteroatoms. The van der Waals surface area contributed by atoms with E-state index in [0.717, 1.165) is 23.5 Å². The van der Waals surface area contributed by atoms with Crippen molar-refractivity contribution >= 4 is 17.2 Å². The van der Waals surface area contributed by atoms with E-state index < -0.39 is 0 Å². The molecule has 1 aliphatic heterocycles. The molecule has 1 unspecified atom stereocenters. The monoisotopic (exact) mass is 290 g/mol. The van der Waals surface area contributed by atoms with Gasteiger partial charge in [-0.25, -0.2) is 4.39 Å². The van der Waals surface area contributed by atoms with E-state index in [1.165, 1.54) is 12.1 Å². The van der Waals surface area contributed by atoms with Crippen molar-refractivity contribution in [2.24, 2.45) is 5.92 Å². The average Bonchev–Trinajstić information content (AvgIpc) is 2.88. The van der Waals surface area contributed by atoms with E-state index in [2.05, 4.69) is 10.6 Å². The highest BCUT2D eigenvalue weighted by atomic mass is 32.1. The molecule has 3 nitrogen and oxygen atoms in total. The molecule has 1 aromatic carbocycles. The zero-order valence-corrected chi connectivity index (χ0v) is 11.6. The molecule has 0 saturated carbocycles. The van der Waals surface area contributed by atoms with Gasteiger partial charge in [0.15, 0.2) is 0 Å². The summed E-state index contributed by atoms with van der Waals surface area (Å²) >= 11 is 1.59. The molecule has 104 valence electrons. The molecule has 1 saturated heterocycles. The highest BCUT2D eigenvalue weighted by Gasteiger charge is 2.27. The van der Waals surface area contributed by atoms with Gasteiger partial charge in [-0.15, -0.1) is 11.3 Å². The summed E-state index contributed by atoms with van der Waals surface area (Å²) in [6, 6.07) is 10.0. The minimum atomic E-state index is -0.270. The second-order valence-electron chi connectivity index (χ2n) is 4.86. The predicted molar refractivity (Wildman–Crippen MR) is 77.1 cm³/mol. The van der Waals surface area contributed by atoms with Gasteiger partial charge in [-0.2, -0.15) is 0 Å². The van der Waals surface area contributed by atoms with Gasteiger partial charge in [-0.05, 0) is 29.1 Å². The standard InChI is InChI=1S/C15H15FN2OS/c16-12-5-3-10(4-6-12)14(13-2-1-7-20-13)18-15(19)11-8-17-9-11/h1-7,11,14,17H,8-9H2,(H,18,19). The largest absolute Gasteiger partial charge is 0.344 e. The number of rotatable bonds is 4. The maximum Gasteiger partial charge on any atom is 0.226 e. The van der Waals surface area contributed by atoms with Crippen LogP contribution in [0.3, 0.4) is 0 Å². The quantitative estimate of drug-likeness (QED) is 0.907. The third-order valence-electron chi connectivity index (χ3n) is 3.47. The topological polar surface area (TPSA) is 41.1 Å². The van der Waals surface area contributed by atoms with Gasteiger partial charge in [0.2, 0.25) is 5.91 Å². The number of benzene rings is 1. The Kier molecular flexibility index (Phi) is 3.80. The first-order chi connectivity index (χ1) is 9.74. The van der Waals surface area contributed by atoms with Gasteiger partial charge >= 0.3 is 0 Å². The van der Waals surface area contributed by atoms with E-state index in [9.17, 15) is 9.18 Å². The second-order valence-corrected chi connectivity index (χ2v) is 5.84. The van der Waals surface area contributed by atoms with Crippen molar-refractivity contribution in [3.05, 3.63) is 58.0 Å². The third kappa shape index (κ3) is 2.73. The van der Waals surface area contributed by atoms with Crippen molar-refractivity contribution in [1.29, 1.82) is 0 Å². The summed E-state index contributed by atoms with van der Waals surface area (Å²) < 4.78 is 13.1. The summed E-state index contributed by atoms with van der Waals surface area (Å²) in [6.07, 6.45) is 0. The Hall–Kier alpha value is -1.72. The van der Waals surface area contributed by atoms with Gasteiger partial charge in [-0.3, -0.25) is 4.79 Å². The fourth-order valence-corrected chi connectivity index (χ4v) is 2.97. The van der Waals surface area contributed by atoms with Crippen molar-refractivity contribution in [3.8, 4) is 0 Å². The fraction of sp³-hybridized carbons (Fsp3) is 0.267. The molecule has 0 spiro atoms. The smallest absolute Gasteiger partial charge is 0.226 e. The van der Waals surface area contributed by atoms with Crippen molar-refractivity contribution in [2.75, 3.05) is 13.1 Å². The van der Waals surface area contributed by atoms with Crippen molar-refractivity contribution in [1.82, 2.24) is 10.6 Å². The van der Waals surface area contributed by atoms with Crippen LogP contribution in [-0.4, -0.2) is 19.0 Å². The SMILES string of the molecule is O=C(NC(c1ccc(F)cc1)c1cccs1)C1CNC1. The van der Waals surface area contributed by atoms with Crippen LogP contribution in [0.15, 0.2) is 41.8 Å². The van der Waals surface area contributed by atoms with Gasteiger partial charge in [0, 0.05) is 18.0 Å². The number of nitrogens with one attached hydrogen (secondary N) is 2. The summed E-state index contributed by atoms with van der Waals surface area (Å²) in [6.45, 7) is 1.46. The molecule has 0 radical (unpaired) electrons. The number of carbonyl (C=O) groups is 1. The Morgan fingerprint density at radius 2 is 2.05 bits per heavy atom. The van der Waals surface area contributed by atoms with Crippen molar-refractivity contribution in [2.45, 2.75) is 6.04 Å². The molecule has 1 amide bonds. The lowest BCUT2D eigenvalue weighted by atomic mass is 10.00. The Labute approximate surface area is 120 Å². The highest BCUT2D eigenvalue weighted by Crippen LogP contribution is 2.26. The van der Waals surface area contributed by atoms with Crippen LogP contribution >= 0.6 is 11.3 Å². The molecule has 1 fully saturated rings. The lowest BCUT2D eigenvalue weighted by Gasteiger charge is -2.28. The minimum Gasteiger partial charge on any atom is -0.344 e. The molecular weight excluding hydrogens is 275 g/mol. The summed E-state index contributed by atoms with van der Waals surface area (Å²) in [5, 5.41) is 8.13. The molecular formula is C15H15FN2OS. The van der Waals surface area contributed by atoms with Crippen LogP contribution < -0.4 is 10.6 Å². The molecule has 2 aromatic rings. The van der Waals surface area contributed by atoms with Gasteiger partial charge in [-0.1, -0.05) is 18.2 Å². The Morgan fingerprint density at radius 3 is 2.60 bits per heavy atom. The summed E-state index contributed by atoms with van der Waals surface area (Å²) in [5.74, 6) is -0.183. The number of amides is 1. The number of carbonyl (C=O) groups excluding carboxylic acids is 1. The van der Waals surface area contributed by atoms with E-state index in [1.807, 2.05) is 17.5 Å². The van der Waals surface area contributed by atoms with Crippen molar-refractivity contribution in [3.63, 3.8) is 0 Å². The zero-order valence-electron chi connectivity index (χ0n) is 10.8. The molecule has 0 bridgehead atoms. The van der Waals surface area contributed by atoms with Crippen molar-refractivity contribution < 1.29 is 9.18 Å². The Morgan fingerprint density at radius 1 is 1.30 bits per heavy atom. The van der Waals surface area contributed by atoms with E-state index in [1.54, 1.807) is 23.5 Å². The van der Waals surface area contributed by atoms with E-state index in [-0.39, 0.29) is 23.7 Å². The number of halogens is 1. The van der Waals surface area contributed by atoms with E-state index in [4.69, 9.17) is 0 Å². The number of thiophene rings is 1. The van der Waals surface area contributed by atoms with Crippen LogP contribution in [0.5, 0.6) is 0 Å². The van der Waals surface area contributed by atoms with Crippen LogP contribution in [0, 0.1) is 11.7 Å². The van der Waals surface area contributed by atoms with Crippen LogP contribution in [0.4, 0.5) is 4.39 Å². The molecule has 3 rings (SSSR count). The molecule has 0 aliphatic carbocycles. The minimum absolute atomic E-state index is 0.0397. The lowest BCUT2D eigenvalue weighted by molar-refractivity contribution is -0.126. The summed E-state index contributed by atoms with van der Waals surface area (Å²) in [5.41, 5.74) is 0.898. The van der Waals surface area contributed by atoms with Crippen LogP contribution in [0.25, 0.3) is 0 Å². The number of hydrogen-bond acceptors (Lipinski definition) is 3. The normalized spacial score (nSPS) is 16.4. The van der Waals surface area contributed by atoms with Gasteiger partial charge < -0.3 is 10.6 Å². The third-order valence-corrected chi connectivity index (χ3v) is 4.41. The zero-order chi connectivity index (χ0) is 13.9. The molecule has 20 heavy (non-hydrogen) atoms. The Balaban J connectivity index is 1.84. The van der Waals surface area contributed by atoms with Gasteiger partial charge in [0.25, 0.3) is 0 Å². The van der Waals surface area contributed by atoms with Crippen LogP contribution in [0.1, 0.15) is 16.5 Å². The second kappa shape index (κ2) is 5.73. The molecule has 1 aliphatic rings. The van der Waals surface area contributed by atoms with Crippen LogP contribution in [0.2, 0.25) is 0 Å². The molecule has 1 aromatic heterocycles. The summed E-state index contributed by atoms with van der Waals surface area (Å²) in [7, 11) is 0. The summed E-state index contributed by atoms with van der Waals surface area (Å²) in [4.78, 5) is 13.2. The first-order valence-electron chi connectivity index (χ1n) is 6.54. The molecule has 2 heterocycles. The van der Waals surface area contributed by atoms with Gasteiger partial charge in [0.1, 0.15) is 5.82 Å². The van der Waals surface area contributed by atoms with E-state index >= 15 is 0 Å². The van der Waals surface area contributed by atoms with E-state index in [0.29, 0.717) is 0 Å². The Bertz CT molecular complexity index is 578. The number of hydrogen-bond donors (Lipinski definition) is 2. The maximum atomic E-state index is 13.1. The fourth-order valence-electron chi connectivity index (χ4n) is 2.16.